The summed E-state index contributed by atoms with van der Waals surface area (Å²) in [5.41, 5.74) is 0.387. The van der Waals surface area contributed by atoms with E-state index in [9.17, 15) is 4.79 Å². The topological polar surface area (TPSA) is 52.3 Å². The molecule has 0 bridgehead atoms. The van der Waals surface area contributed by atoms with E-state index < -0.39 is 5.60 Å². The minimum atomic E-state index is -0.514. The van der Waals surface area contributed by atoms with E-state index in [-0.39, 0.29) is 5.97 Å². The maximum Gasteiger partial charge on any atom is 0.340 e. The van der Waals surface area contributed by atoms with Gasteiger partial charge < -0.3 is 9.15 Å². The lowest BCUT2D eigenvalue weighted by atomic mass is 10.2. The smallest absolute Gasteiger partial charge is 0.340 e. The highest BCUT2D eigenvalue weighted by atomic mass is 79.9. The van der Waals surface area contributed by atoms with Crippen molar-refractivity contribution in [2.24, 2.45) is 0 Å². The zero-order valence-corrected chi connectivity index (χ0v) is 11.4. The molecule has 2 aromatic heterocycles. The fraction of sp³-hybridized carbons (Fsp3) is 0.333. The number of rotatable bonds is 1. The lowest BCUT2D eigenvalue weighted by Gasteiger charge is -2.19. The number of halogens is 1. The van der Waals surface area contributed by atoms with Crippen molar-refractivity contribution in [1.29, 1.82) is 0 Å². The molecule has 0 aliphatic carbocycles. The molecule has 0 amide bonds. The molecule has 0 radical (unpaired) electrons. The van der Waals surface area contributed by atoms with Gasteiger partial charge >= 0.3 is 5.97 Å². The van der Waals surface area contributed by atoms with Gasteiger partial charge in [0.1, 0.15) is 11.9 Å². The van der Waals surface area contributed by atoms with E-state index in [2.05, 4.69) is 20.9 Å². The first kappa shape index (κ1) is 12.1. The molecule has 17 heavy (non-hydrogen) atoms. The molecular weight excluding hydrogens is 286 g/mol. The summed E-state index contributed by atoms with van der Waals surface area (Å²) in [6.07, 6.45) is 2.99. The van der Waals surface area contributed by atoms with Crippen LogP contribution in [0.15, 0.2) is 27.4 Å². The van der Waals surface area contributed by atoms with Gasteiger partial charge in [-0.15, -0.1) is 0 Å². The number of esters is 1. The van der Waals surface area contributed by atoms with Gasteiger partial charge in [0.15, 0.2) is 0 Å². The normalized spacial score (nSPS) is 11.8. The van der Waals surface area contributed by atoms with Crippen LogP contribution in [0.4, 0.5) is 0 Å². The number of hydrogen-bond donors (Lipinski definition) is 0. The number of carbonyl (C=O) groups is 1. The molecule has 0 saturated heterocycles. The van der Waals surface area contributed by atoms with E-state index in [1.165, 1.54) is 12.5 Å². The summed E-state index contributed by atoms with van der Waals surface area (Å²) >= 11 is 3.33. The van der Waals surface area contributed by atoms with E-state index in [1.54, 1.807) is 6.07 Å². The summed E-state index contributed by atoms with van der Waals surface area (Å²) < 4.78 is 11.2. The Morgan fingerprint density at radius 3 is 2.82 bits per heavy atom. The third-order valence-corrected chi connectivity index (χ3v) is 2.63. The van der Waals surface area contributed by atoms with Crippen molar-refractivity contribution in [2.75, 3.05) is 0 Å². The number of aromatic nitrogens is 1. The summed E-state index contributed by atoms with van der Waals surface area (Å²) in [6, 6.07) is 1.70. The fourth-order valence-corrected chi connectivity index (χ4v) is 1.71. The van der Waals surface area contributed by atoms with Gasteiger partial charge in [0.2, 0.25) is 5.71 Å². The monoisotopic (exact) mass is 297 g/mol. The lowest BCUT2D eigenvalue weighted by Crippen LogP contribution is -2.23. The third kappa shape index (κ3) is 2.66. The molecule has 0 unspecified atom stereocenters. The summed E-state index contributed by atoms with van der Waals surface area (Å²) in [7, 11) is 0. The fourth-order valence-electron chi connectivity index (χ4n) is 1.34. The van der Waals surface area contributed by atoms with Crippen LogP contribution >= 0.6 is 15.9 Å². The Morgan fingerprint density at radius 2 is 2.18 bits per heavy atom. The molecule has 4 nitrogen and oxygen atoms in total. The molecule has 0 saturated carbocycles. The average molecular weight is 298 g/mol. The molecule has 0 spiro atoms. The summed E-state index contributed by atoms with van der Waals surface area (Å²) in [5, 5.41) is 0.758. The molecule has 2 aromatic rings. The van der Waals surface area contributed by atoms with Crippen molar-refractivity contribution in [3.63, 3.8) is 0 Å². The van der Waals surface area contributed by atoms with Gasteiger partial charge in [-0.2, -0.15) is 0 Å². The Kier molecular flexibility index (Phi) is 2.95. The zero-order chi connectivity index (χ0) is 12.6. The lowest BCUT2D eigenvalue weighted by molar-refractivity contribution is 0.00693. The molecule has 0 aliphatic rings. The number of ether oxygens (including phenoxy) is 1. The minimum absolute atomic E-state index is 0.389. The van der Waals surface area contributed by atoms with Gasteiger partial charge in [-0.25, -0.2) is 9.78 Å². The number of furan rings is 1. The highest BCUT2D eigenvalue weighted by Gasteiger charge is 2.19. The number of fused-ring (bicyclic) bond motifs is 1. The molecule has 0 fully saturated rings. The summed E-state index contributed by atoms with van der Waals surface area (Å²) in [5.74, 6) is -0.389. The predicted molar refractivity (Wildman–Crippen MR) is 66.9 cm³/mol. The molecule has 5 heteroatoms. The molecule has 2 rings (SSSR count). The maximum atomic E-state index is 11.8. The van der Waals surface area contributed by atoms with Gasteiger partial charge in [0.25, 0.3) is 0 Å². The SMILES string of the molecule is CC(C)(C)OC(=O)c1cnc2occ(Br)c2c1. The Hall–Kier alpha value is -1.36. The summed E-state index contributed by atoms with van der Waals surface area (Å²) in [4.78, 5) is 15.9. The van der Waals surface area contributed by atoms with E-state index in [1.807, 2.05) is 20.8 Å². The van der Waals surface area contributed by atoms with Gasteiger partial charge in [0, 0.05) is 6.20 Å². The number of carbonyl (C=O) groups excluding carboxylic acids is 1. The Morgan fingerprint density at radius 1 is 1.47 bits per heavy atom. The van der Waals surface area contributed by atoms with E-state index in [0.29, 0.717) is 11.3 Å². The second kappa shape index (κ2) is 4.14. The maximum absolute atomic E-state index is 11.8. The minimum Gasteiger partial charge on any atom is -0.456 e. The van der Waals surface area contributed by atoms with Gasteiger partial charge in [-0.05, 0) is 42.8 Å². The second-order valence-electron chi connectivity index (χ2n) is 4.66. The van der Waals surface area contributed by atoms with Crippen molar-refractivity contribution in [1.82, 2.24) is 4.98 Å². The molecule has 2 heterocycles. The van der Waals surface area contributed by atoms with Crippen molar-refractivity contribution < 1.29 is 13.9 Å². The van der Waals surface area contributed by atoms with Gasteiger partial charge in [0.05, 0.1) is 15.4 Å². The van der Waals surface area contributed by atoms with Crippen LogP contribution in [-0.4, -0.2) is 16.6 Å². The molecule has 0 aliphatic heterocycles. The average Bonchev–Trinajstić information content (AvgIpc) is 2.57. The van der Waals surface area contributed by atoms with Crippen LogP contribution in [0.5, 0.6) is 0 Å². The number of nitrogens with zero attached hydrogens (tertiary/aromatic N) is 1. The Labute approximate surface area is 107 Å². The number of pyridine rings is 1. The molecular formula is C12H12BrNO3. The van der Waals surface area contributed by atoms with Crippen molar-refractivity contribution >= 4 is 33.0 Å². The molecule has 0 atom stereocenters. The van der Waals surface area contributed by atoms with Crippen LogP contribution in [0.25, 0.3) is 11.1 Å². The van der Waals surface area contributed by atoms with Gasteiger partial charge in [-0.1, -0.05) is 0 Å². The van der Waals surface area contributed by atoms with Crippen LogP contribution in [-0.2, 0) is 4.74 Å². The van der Waals surface area contributed by atoms with E-state index in [4.69, 9.17) is 9.15 Å². The highest BCUT2D eigenvalue weighted by molar-refractivity contribution is 9.10. The first-order chi connectivity index (χ1) is 7.87. The molecule has 90 valence electrons. The number of hydrogen-bond acceptors (Lipinski definition) is 4. The summed E-state index contributed by atoms with van der Waals surface area (Å²) in [6.45, 7) is 5.47. The predicted octanol–water partition coefficient (Wildman–Crippen LogP) is 3.55. The molecule has 0 aromatic carbocycles. The van der Waals surface area contributed by atoms with Crippen molar-refractivity contribution in [3.05, 3.63) is 28.6 Å². The van der Waals surface area contributed by atoms with E-state index in [0.717, 1.165) is 9.86 Å². The van der Waals surface area contributed by atoms with Gasteiger partial charge in [-0.3, -0.25) is 0 Å². The molecule has 0 N–H and O–H groups in total. The van der Waals surface area contributed by atoms with Crippen LogP contribution in [0, 0.1) is 0 Å². The van der Waals surface area contributed by atoms with Crippen LogP contribution in [0.1, 0.15) is 31.1 Å². The largest absolute Gasteiger partial charge is 0.456 e. The first-order valence-electron chi connectivity index (χ1n) is 5.13. The Bertz CT molecular complexity index is 569. The third-order valence-electron chi connectivity index (χ3n) is 2.02. The second-order valence-corrected chi connectivity index (χ2v) is 5.52. The van der Waals surface area contributed by atoms with Crippen LogP contribution < -0.4 is 0 Å². The van der Waals surface area contributed by atoms with Crippen molar-refractivity contribution in [3.8, 4) is 0 Å². The zero-order valence-electron chi connectivity index (χ0n) is 9.78. The first-order valence-corrected chi connectivity index (χ1v) is 5.92. The Balaban J connectivity index is 2.36. The van der Waals surface area contributed by atoms with Crippen LogP contribution in [0.2, 0.25) is 0 Å². The standard InChI is InChI=1S/C12H12BrNO3/c1-12(2,3)17-11(15)7-4-8-9(13)6-16-10(8)14-5-7/h4-6H,1-3H3. The van der Waals surface area contributed by atoms with Crippen LogP contribution in [0.3, 0.4) is 0 Å². The quantitative estimate of drug-likeness (QED) is 0.756. The highest BCUT2D eigenvalue weighted by Crippen LogP contribution is 2.25. The van der Waals surface area contributed by atoms with E-state index >= 15 is 0 Å². The van der Waals surface area contributed by atoms with Crippen molar-refractivity contribution in [2.45, 2.75) is 26.4 Å².